The second-order valence-electron chi connectivity index (χ2n) is 17.5. The Bertz CT molecular complexity index is 3560. The third kappa shape index (κ3) is 6.12. The van der Waals surface area contributed by atoms with Gasteiger partial charge in [-0.1, -0.05) is 160 Å². The van der Waals surface area contributed by atoms with E-state index in [-0.39, 0.29) is 0 Å². The summed E-state index contributed by atoms with van der Waals surface area (Å²) in [5, 5.41) is 5.21. The SMILES string of the molecule is Bc1c(B)c(B)c2c(c1B)c1c(B)c(-c3ccc4c(c3)c3ccc(-c5ccccc5)cc3n4-c3ccccc3)c(B)c(B)c1n2-c1cc(-c2ccccc2)cc(-c2ccccc2)c1. The molecule has 0 aliphatic rings. The zero-order valence-electron chi connectivity index (χ0n) is 37.1. The molecular formula is C54H43B7N2. The fourth-order valence-corrected chi connectivity index (χ4v) is 10.6. The van der Waals surface area contributed by atoms with Crippen molar-refractivity contribution in [1.29, 1.82) is 0 Å². The highest BCUT2D eigenvalue weighted by atomic mass is 15.0. The molecule has 0 unspecified atom stereocenters. The van der Waals surface area contributed by atoms with Gasteiger partial charge in [-0.2, -0.15) is 0 Å². The van der Waals surface area contributed by atoms with Crippen LogP contribution in [0.25, 0.3) is 99.5 Å². The maximum Gasteiger partial charge on any atom is 0.141 e. The van der Waals surface area contributed by atoms with E-state index < -0.39 is 0 Å². The normalized spacial score (nSPS) is 11.6. The Morgan fingerprint density at radius 1 is 0.270 bits per heavy atom. The highest BCUT2D eigenvalue weighted by molar-refractivity contribution is 6.69. The molecule has 0 spiro atoms. The predicted molar refractivity (Wildman–Crippen MR) is 294 cm³/mol. The van der Waals surface area contributed by atoms with Crippen molar-refractivity contribution in [1.82, 2.24) is 9.13 Å². The van der Waals surface area contributed by atoms with Crippen LogP contribution in [0.3, 0.4) is 0 Å². The van der Waals surface area contributed by atoms with Gasteiger partial charge in [0.15, 0.2) is 0 Å². The average Bonchev–Trinajstić information content (AvgIpc) is 3.87. The van der Waals surface area contributed by atoms with Crippen molar-refractivity contribution >= 4 is 137 Å². The van der Waals surface area contributed by atoms with Crippen LogP contribution >= 0.6 is 0 Å². The summed E-state index contributed by atoms with van der Waals surface area (Å²) in [4.78, 5) is 0. The molecule has 0 aliphatic heterocycles. The molecule has 2 nitrogen and oxygen atoms in total. The Morgan fingerprint density at radius 3 is 1.35 bits per heavy atom. The average molecular weight is 796 g/mol. The summed E-state index contributed by atoms with van der Waals surface area (Å²) in [5.41, 5.74) is 26.6. The lowest BCUT2D eigenvalue weighted by Crippen LogP contribution is -2.48. The second-order valence-corrected chi connectivity index (χ2v) is 17.5. The summed E-state index contributed by atoms with van der Waals surface area (Å²) in [6.07, 6.45) is 0. The monoisotopic (exact) mass is 796 g/mol. The van der Waals surface area contributed by atoms with Crippen LogP contribution in [-0.4, -0.2) is 64.1 Å². The third-order valence-electron chi connectivity index (χ3n) is 14.2. The minimum atomic E-state index is 1.16. The number of hydrogen-bond acceptors (Lipinski definition) is 0. The summed E-state index contributed by atoms with van der Waals surface area (Å²) < 4.78 is 5.05. The van der Waals surface area contributed by atoms with Crippen molar-refractivity contribution < 1.29 is 0 Å². The molecule has 0 saturated carbocycles. The Morgan fingerprint density at radius 2 is 0.762 bits per heavy atom. The van der Waals surface area contributed by atoms with Crippen LogP contribution in [-0.2, 0) is 0 Å². The van der Waals surface area contributed by atoms with Crippen molar-refractivity contribution in [2.45, 2.75) is 0 Å². The smallest absolute Gasteiger partial charge is 0.141 e. The number of benzene rings is 9. The van der Waals surface area contributed by atoms with Gasteiger partial charge in [0.05, 0.1) is 11.0 Å². The maximum atomic E-state index is 2.61. The van der Waals surface area contributed by atoms with Crippen molar-refractivity contribution in [2.24, 2.45) is 0 Å². The van der Waals surface area contributed by atoms with Crippen LogP contribution in [0.5, 0.6) is 0 Å². The standard InChI is InChI=1S/C54H43B7N2/c55-46-43(34-22-24-41-40(28-34)39-23-21-33(30-13-5-1-6-14-30)29-42(39)62(41)37-19-11-4-12-20-37)47(56)51(60)53-44(46)45-48(57)49(58)50(59)52(61)54(45)63(53)38-26-35(31-15-7-2-8-16-31)25-36(27-38)32-17-9-3-10-18-32/h1-29H,55-61H2. The molecule has 0 radical (unpaired) electrons. The molecule has 11 aromatic rings. The number of fused-ring (bicyclic) bond motifs is 6. The van der Waals surface area contributed by atoms with Crippen LogP contribution in [0.1, 0.15) is 0 Å². The van der Waals surface area contributed by atoms with Gasteiger partial charge < -0.3 is 9.13 Å². The van der Waals surface area contributed by atoms with Gasteiger partial charge in [0.2, 0.25) is 0 Å². The largest absolute Gasteiger partial charge is 0.310 e. The van der Waals surface area contributed by atoms with Crippen LogP contribution < -0.4 is 38.2 Å². The molecule has 0 fully saturated rings. The lowest BCUT2D eigenvalue weighted by molar-refractivity contribution is 1.18. The summed E-state index contributed by atoms with van der Waals surface area (Å²) in [5.74, 6) is 0. The van der Waals surface area contributed by atoms with Crippen LogP contribution in [0.15, 0.2) is 176 Å². The van der Waals surface area contributed by atoms with E-state index in [2.05, 4.69) is 240 Å². The lowest BCUT2D eigenvalue weighted by Gasteiger charge is -2.20. The first kappa shape index (κ1) is 38.9. The highest BCUT2D eigenvalue weighted by Gasteiger charge is 2.26. The zero-order chi connectivity index (χ0) is 43.1. The first-order valence-corrected chi connectivity index (χ1v) is 22.2. The van der Waals surface area contributed by atoms with Gasteiger partial charge in [0, 0.05) is 38.6 Å². The molecular weight excluding hydrogens is 752 g/mol. The quantitative estimate of drug-likeness (QED) is 0.229. The van der Waals surface area contributed by atoms with Crippen molar-refractivity contribution in [3.63, 3.8) is 0 Å². The van der Waals surface area contributed by atoms with Crippen molar-refractivity contribution in [3.05, 3.63) is 176 Å². The minimum absolute atomic E-state index is 1.16. The van der Waals surface area contributed by atoms with Gasteiger partial charge in [0.25, 0.3) is 0 Å². The molecule has 9 aromatic carbocycles. The molecule has 0 atom stereocenters. The highest BCUT2D eigenvalue weighted by Crippen LogP contribution is 2.38. The van der Waals surface area contributed by atoms with Crippen molar-refractivity contribution in [3.8, 4) is 55.9 Å². The molecule has 0 amide bonds. The molecule has 0 saturated heterocycles. The second kappa shape index (κ2) is 15.1. The first-order valence-electron chi connectivity index (χ1n) is 22.2. The number of nitrogens with zero attached hydrogens (tertiary/aromatic N) is 2. The summed E-state index contributed by atoms with van der Waals surface area (Å²) in [6, 6.07) is 64.5. The number of aromatic nitrogens is 2. The number of rotatable bonds is 6. The van der Waals surface area contributed by atoms with E-state index >= 15 is 0 Å². The topological polar surface area (TPSA) is 9.86 Å². The van der Waals surface area contributed by atoms with Crippen LogP contribution in [0.2, 0.25) is 0 Å². The molecule has 0 bridgehead atoms. The van der Waals surface area contributed by atoms with E-state index in [0.717, 1.165) is 5.69 Å². The van der Waals surface area contributed by atoms with Crippen LogP contribution in [0.4, 0.5) is 0 Å². The van der Waals surface area contributed by atoms with Gasteiger partial charge in [-0.15, -0.1) is 5.46 Å². The minimum Gasteiger partial charge on any atom is -0.310 e. The fourth-order valence-electron chi connectivity index (χ4n) is 10.6. The maximum absolute atomic E-state index is 2.61. The summed E-state index contributed by atoms with van der Waals surface area (Å²) in [6.45, 7) is 0. The van der Waals surface area contributed by atoms with Gasteiger partial charge >= 0.3 is 0 Å². The van der Waals surface area contributed by atoms with E-state index in [1.807, 2.05) is 0 Å². The first-order chi connectivity index (χ1) is 30.7. The lowest BCUT2D eigenvalue weighted by atomic mass is 9.64. The summed E-state index contributed by atoms with van der Waals surface area (Å²) in [7, 11) is 16.3. The molecule has 2 aromatic heterocycles. The van der Waals surface area contributed by atoms with E-state index in [1.54, 1.807) is 0 Å². The van der Waals surface area contributed by atoms with Gasteiger partial charge in [-0.3, -0.25) is 0 Å². The molecule has 63 heavy (non-hydrogen) atoms. The fraction of sp³-hybridized carbons (Fsp3) is 0. The molecule has 11 rings (SSSR count). The summed E-state index contributed by atoms with van der Waals surface area (Å²) >= 11 is 0. The zero-order valence-corrected chi connectivity index (χ0v) is 37.1. The van der Waals surface area contributed by atoms with E-state index in [9.17, 15) is 0 Å². The number of para-hydroxylation sites is 1. The third-order valence-corrected chi connectivity index (χ3v) is 14.2. The van der Waals surface area contributed by atoms with E-state index in [4.69, 9.17) is 0 Å². The van der Waals surface area contributed by atoms with E-state index in [0.29, 0.717) is 0 Å². The molecule has 290 valence electrons. The van der Waals surface area contributed by atoms with Gasteiger partial charge in [0.1, 0.15) is 54.9 Å². The van der Waals surface area contributed by atoms with Crippen LogP contribution in [0, 0.1) is 0 Å². The van der Waals surface area contributed by atoms with E-state index in [1.165, 1.54) is 132 Å². The van der Waals surface area contributed by atoms with Gasteiger partial charge in [-0.05, 0) is 98.4 Å². The Hall–Kier alpha value is -6.97. The molecule has 0 N–H and O–H groups in total. The Labute approximate surface area is 375 Å². The van der Waals surface area contributed by atoms with Gasteiger partial charge in [-0.25, -0.2) is 0 Å². The Balaban J connectivity index is 1.21. The predicted octanol–water partition coefficient (Wildman–Crippen LogP) is 2.36. The number of hydrogen-bond donors (Lipinski definition) is 0. The van der Waals surface area contributed by atoms with Crippen molar-refractivity contribution in [2.75, 3.05) is 0 Å². The molecule has 2 heterocycles. The Kier molecular flexibility index (Phi) is 9.35. The molecule has 0 aliphatic carbocycles. The molecule has 9 heteroatoms.